The number of hydrogen-bond donors (Lipinski definition) is 0. The van der Waals surface area contributed by atoms with E-state index in [4.69, 9.17) is 4.43 Å². The van der Waals surface area contributed by atoms with Crippen LogP contribution in [0.5, 0.6) is 0 Å². The maximum Gasteiger partial charge on any atom is 0.289 e. The fourth-order valence-corrected chi connectivity index (χ4v) is 12.7. The molecule has 0 bridgehead atoms. The van der Waals surface area contributed by atoms with E-state index in [0.717, 1.165) is 32.5 Å². The Morgan fingerprint density at radius 1 is 0.979 bits per heavy atom. The summed E-state index contributed by atoms with van der Waals surface area (Å²) >= 11 is 3.48. The molecule has 0 aliphatic rings. The second kappa shape index (κ2) is 14.4. The number of nitro groups is 1. The Hall–Kier alpha value is -3.30. The number of hydrogen-bond acceptors (Lipinski definition) is 6. The Morgan fingerprint density at radius 2 is 1.51 bits per heavy atom. The molecule has 1 aromatic heterocycles. The van der Waals surface area contributed by atoms with E-state index in [2.05, 4.69) is 21.0 Å². The molecule has 0 aliphatic carbocycles. The van der Waals surface area contributed by atoms with Crippen molar-refractivity contribution in [2.75, 3.05) is 13.2 Å². The van der Waals surface area contributed by atoms with Crippen LogP contribution in [0.15, 0.2) is 94.3 Å². The summed E-state index contributed by atoms with van der Waals surface area (Å²) in [4.78, 5) is 10.4. The van der Waals surface area contributed by atoms with Crippen LogP contribution in [0.1, 0.15) is 45.5 Å². The first-order valence-corrected chi connectivity index (χ1v) is 19.3. The van der Waals surface area contributed by atoms with Gasteiger partial charge in [0.25, 0.3) is 19.9 Å². The number of sulfonamides is 1. The van der Waals surface area contributed by atoms with E-state index >= 15 is 8.78 Å². The zero-order chi connectivity index (χ0) is 34.6. The smallest absolute Gasteiger partial charge is 0.289 e. The van der Waals surface area contributed by atoms with Gasteiger partial charge in [-0.1, -0.05) is 100 Å². The molecule has 3 aromatic carbocycles. The molecule has 9 nitrogen and oxygen atoms in total. The van der Waals surface area contributed by atoms with Crippen molar-refractivity contribution in [2.45, 2.75) is 62.9 Å². The first-order valence-electron chi connectivity index (χ1n) is 15.1. The molecule has 0 spiro atoms. The largest absolute Gasteiger partial charge is 0.401 e. The van der Waals surface area contributed by atoms with Crippen LogP contribution in [-0.4, -0.2) is 54.8 Å². The second-order valence-corrected chi connectivity index (χ2v) is 19.3. The minimum atomic E-state index is -4.62. The first-order chi connectivity index (χ1) is 22.0. The summed E-state index contributed by atoms with van der Waals surface area (Å²) in [6.45, 7) is 5.87. The van der Waals surface area contributed by atoms with E-state index in [1.54, 1.807) is 11.7 Å². The summed E-state index contributed by atoms with van der Waals surface area (Å²) in [6.07, 6.45) is -0.311. The number of benzene rings is 3. The third-order valence-electron chi connectivity index (χ3n) is 8.15. The van der Waals surface area contributed by atoms with Crippen molar-refractivity contribution in [3.8, 4) is 0 Å². The highest BCUT2D eigenvalue weighted by Crippen LogP contribution is 2.38. The van der Waals surface area contributed by atoms with E-state index in [-0.39, 0.29) is 6.54 Å². The van der Waals surface area contributed by atoms with Crippen LogP contribution in [-0.2, 0) is 34.5 Å². The van der Waals surface area contributed by atoms with Crippen molar-refractivity contribution in [3.05, 3.63) is 111 Å². The highest BCUT2D eigenvalue weighted by molar-refractivity contribution is 9.10. The molecule has 4 aromatic rings. The zero-order valence-corrected chi connectivity index (χ0v) is 30.4. The van der Waals surface area contributed by atoms with Gasteiger partial charge in [-0.2, -0.15) is 9.40 Å². The molecule has 0 atom stereocenters. The summed E-state index contributed by atoms with van der Waals surface area (Å²) in [5, 5.41) is 17.3. The molecule has 1 heterocycles. The van der Waals surface area contributed by atoms with Crippen LogP contribution in [0.3, 0.4) is 0 Å². The van der Waals surface area contributed by atoms with E-state index in [9.17, 15) is 18.5 Å². The Labute approximate surface area is 284 Å². The van der Waals surface area contributed by atoms with Gasteiger partial charge in [0, 0.05) is 26.1 Å². The molecule has 0 N–H and O–H groups in total. The van der Waals surface area contributed by atoms with Crippen molar-refractivity contribution >= 4 is 50.3 Å². The van der Waals surface area contributed by atoms with Gasteiger partial charge in [0.2, 0.25) is 10.0 Å². The summed E-state index contributed by atoms with van der Waals surface area (Å²) in [6, 6.07) is 23.7. The van der Waals surface area contributed by atoms with Gasteiger partial charge in [-0.3, -0.25) is 14.8 Å². The molecule has 0 amide bonds. The van der Waals surface area contributed by atoms with Crippen LogP contribution >= 0.6 is 15.9 Å². The Morgan fingerprint density at radius 3 is 2.00 bits per heavy atom. The summed E-state index contributed by atoms with van der Waals surface area (Å²) < 4.78 is 69.4. The van der Waals surface area contributed by atoms with Gasteiger partial charge in [-0.25, -0.2) is 17.2 Å². The van der Waals surface area contributed by atoms with E-state index in [1.165, 1.54) is 12.1 Å². The summed E-state index contributed by atoms with van der Waals surface area (Å²) in [7, 11) is -6.23. The molecular weight excluding hydrogens is 710 g/mol. The Bertz CT molecular complexity index is 1760. The first kappa shape index (κ1) is 36.5. The molecule has 0 saturated heterocycles. The molecule has 0 unspecified atom stereocenters. The number of aryl methyl sites for hydroxylation is 1. The SMILES string of the molecule is CCc1c(Br)c(CN(CCC(F)(F)CO[Si](c2ccccc2)(c2ccccc2)C(C)(C)C)S(=O)(=O)c2ccccc2[N+](=O)[O-])nn1C. The van der Waals surface area contributed by atoms with Crippen LogP contribution in [0.2, 0.25) is 5.04 Å². The van der Waals surface area contributed by atoms with Crippen molar-refractivity contribution in [1.29, 1.82) is 0 Å². The third-order valence-corrected chi connectivity index (χ3v) is 15.9. The highest BCUT2D eigenvalue weighted by Gasteiger charge is 2.52. The number of aromatic nitrogens is 2. The average Bonchev–Trinajstić information content (AvgIpc) is 3.30. The lowest BCUT2D eigenvalue weighted by Crippen LogP contribution is -2.67. The minimum absolute atomic E-state index is 0.304. The Kier molecular flexibility index (Phi) is 11.2. The number of rotatable bonds is 14. The van der Waals surface area contributed by atoms with Crippen LogP contribution < -0.4 is 10.4 Å². The normalized spacial score (nSPS) is 12.9. The van der Waals surface area contributed by atoms with Crippen LogP contribution in [0.25, 0.3) is 0 Å². The number of alkyl halides is 2. The predicted octanol–water partition coefficient (Wildman–Crippen LogP) is 6.45. The van der Waals surface area contributed by atoms with Gasteiger partial charge in [0.15, 0.2) is 4.90 Å². The number of nitro benzene ring substituents is 1. The molecule has 0 saturated carbocycles. The van der Waals surface area contributed by atoms with Gasteiger partial charge in [-0.05, 0) is 43.8 Å². The fourth-order valence-electron chi connectivity index (χ4n) is 5.83. The third kappa shape index (κ3) is 7.72. The average molecular weight is 750 g/mol. The van der Waals surface area contributed by atoms with Crippen LogP contribution in [0.4, 0.5) is 14.5 Å². The van der Waals surface area contributed by atoms with E-state index in [0.29, 0.717) is 16.6 Å². The maximum absolute atomic E-state index is 16.0. The highest BCUT2D eigenvalue weighted by atomic mass is 79.9. The van der Waals surface area contributed by atoms with Gasteiger partial charge in [0.1, 0.15) is 0 Å². The number of nitrogens with zero attached hydrogens (tertiary/aromatic N) is 4. The van der Waals surface area contributed by atoms with E-state index < -0.39 is 64.4 Å². The maximum atomic E-state index is 16.0. The molecule has 0 fully saturated rings. The van der Waals surface area contributed by atoms with Crippen LogP contribution in [0, 0.1) is 10.1 Å². The molecule has 47 heavy (non-hydrogen) atoms. The van der Waals surface area contributed by atoms with Crippen molar-refractivity contribution in [2.24, 2.45) is 7.05 Å². The molecule has 252 valence electrons. The van der Waals surface area contributed by atoms with E-state index in [1.807, 2.05) is 88.4 Å². The Balaban J connectivity index is 1.70. The topological polar surface area (TPSA) is 108 Å². The van der Waals surface area contributed by atoms with Crippen molar-refractivity contribution in [3.63, 3.8) is 0 Å². The molecular formula is C33H39BrF2N4O5SSi. The molecule has 14 heteroatoms. The second-order valence-electron chi connectivity index (χ2n) is 12.3. The van der Waals surface area contributed by atoms with Crippen molar-refractivity contribution < 1.29 is 26.5 Å². The standard InChI is InChI=1S/C33H39BrF2N4O5SSi/c1-6-28-31(34)27(37-38(28)5)23-39(46(43,44)30-20-14-13-19-29(30)40(41)42)22-21-33(35,36)24-45-47(32(2,3)4,25-15-9-7-10-16-25)26-17-11-8-12-18-26/h7-20H,6,21-24H2,1-5H3. The monoisotopic (exact) mass is 748 g/mol. The lowest BCUT2D eigenvalue weighted by atomic mass is 10.2. The van der Waals surface area contributed by atoms with Crippen molar-refractivity contribution in [1.82, 2.24) is 14.1 Å². The lowest BCUT2D eigenvalue weighted by molar-refractivity contribution is -0.387. The quantitative estimate of drug-likeness (QED) is 0.0835. The number of halogens is 3. The van der Waals surface area contributed by atoms with Gasteiger partial charge < -0.3 is 4.43 Å². The number of para-hydroxylation sites is 1. The van der Waals surface area contributed by atoms with Gasteiger partial charge >= 0.3 is 0 Å². The molecule has 0 aliphatic heterocycles. The predicted molar refractivity (Wildman–Crippen MR) is 184 cm³/mol. The minimum Gasteiger partial charge on any atom is -0.401 e. The summed E-state index contributed by atoms with van der Waals surface area (Å²) in [5.41, 5.74) is 0.444. The molecule has 0 radical (unpaired) electrons. The van der Waals surface area contributed by atoms with Gasteiger partial charge in [0.05, 0.1) is 33.9 Å². The molecule has 4 rings (SSSR count). The zero-order valence-electron chi connectivity index (χ0n) is 27.0. The fraction of sp³-hybridized carbons (Fsp3) is 0.364. The summed E-state index contributed by atoms with van der Waals surface area (Å²) in [5.74, 6) is -3.46. The lowest BCUT2D eigenvalue weighted by Gasteiger charge is -2.43. The van der Waals surface area contributed by atoms with Gasteiger partial charge in [-0.15, -0.1) is 0 Å².